The summed E-state index contributed by atoms with van der Waals surface area (Å²) in [4.78, 5) is 37.5. The zero-order chi connectivity index (χ0) is 20.4. The lowest BCUT2D eigenvalue weighted by atomic mass is 9.87. The molecule has 1 fully saturated rings. The number of hydrogen-bond acceptors (Lipinski definition) is 3. The maximum absolute atomic E-state index is 13.3. The molecule has 6 nitrogen and oxygen atoms in total. The topological polar surface area (TPSA) is 78.5 Å². The van der Waals surface area contributed by atoms with Gasteiger partial charge in [-0.3, -0.25) is 14.5 Å². The maximum Gasteiger partial charge on any atom is 0.416 e. The second-order valence-electron chi connectivity index (χ2n) is 7.02. The minimum absolute atomic E-state index is 0.362. The van der Waals surface area contributed by atoms with Crippen LogP contribution in [-0.2, 0) is 21.3 Å². The van der Waals surface area contributed by atoms with Crippen LogP contribution in [0.4, 0.5) is 18.0 Å². The van der Waals surface area contributed by atoms with Gasteiger partial charge >= 0.3 is 12.2 Å². The molecule has 1 saturated heterocycles. The molecule has 1 unspecified atom stereocenters. The fourth-order valence-corrected chi connectivity index (χ4v) is 2.89. The summed E-state index contributed by atoms with van der Waals surface area (Å²) >= 11 is 0. The van der Waals surface area contributed by atoms with Crippen LogP contribution >= 0.6 is 0 Å². The fourth-order valence-electron chi connectivity index (χ4n) is 2.89. The fraction of sp³-hybridized carbons (Fsp3) is 0.500. The van der Waals surface area contributed by atoms with Crippen LogP contribution < -0.4 is 10.6 Å². The minimum Gasteiger partial charge on any atom is -0.355 e. The Morgan fingerprint density at radius 1 is 1.26 bits per heavy atom. The maximum atomic E-state index is 13.3. The highest BCUT2D eigenvalue weighted by Crippen LogP contribution is 2.39. The van der Waals surface area contributed by atoms with E-state index in [9.17, 15) is 27.6 Å². The Morgan fingerprint density at radius 2 is 1.89 bits per heavy atom. The Morgan fingerprint density at radius 3 is 2.48 bits per heavy atom. The molecule has 1 aromatic rings. The lowest BCUT2D eigenvalue weighted by molar-refractivity contribution is -0.140. The van der Waals surface area contributed by atoms with Crippen LogP contribution in [0.25, 0.3) is 0 Å². The molecular formula is C18H22F3N3O3. The van der Waals surface area contributed by atoms with E-state index < -0.39 is 41.7 Å². The van der Waals surface area contributed by atoms with Gasteiger partial charge in [0.2, 0.25) is 5.91 Å². The summed E-state index contributed by atoms with van der Waals surface area (Å²) < 4.78 is 39.9. The summed E-state index contributed by atoms with van der Waals surface area (Å²) in [7, 11) is 0. The third-order valence-electron chi connectivity index (χ3n) is 4.39. The highest BCUT2D eigenvalue weighted by Gasteiger charge is 2.52. The number of benzene rings is 1. The van der Waals surface area contributed by atoms with Crippen LogP contribution in [0.15, 0.2) is 24.3 Å². The second kappa shape index (κ2) is 7.58. The molecule has 1 heterocycles. The summed E-state index contributed by atoms with van der Waals surface area (Å²) in [6.07, 6.45) is -3.96. The van der Waals surface area contributed by atoms with Gasteiger partial charge in [-0.2, -0.15) is 13.2 Å². The van der Waals surface area contributed by atoms with E-state index in [2.05, 4.69) is 10.6 Å². The van der Waals surface area contributed by atoms with Crippen molar-refractivity contribution < 1.29 is 27.6 Å². The number of urea groups is 1. The number of carbonyl (C=O) groups is 3. The van der Waals surface area contributed by atoms with Crippen LogP contribution in [0.2, 0.25) is 0 Å². The van der Waals surface area contributed by atoms with Crippen molar-refractivity contribution in [3.8, 4) is 0 Å². The Bertz CT molecular complexity index is 749. The smallest absolute Gasteiger partial charge is 0.355 e. The van der Waals surface area contributed by atoms with Crippen molar-refractivity contribution in [1.29, 1.82) is 0 Å². The van der Waals surface area contributed by atoms with Gasteiger partial charge in [-0.05, 0) is 30.9 Å². The van der Waals surface area contributed by atoms with Crippen molar-refractivity contribution in [2.45, 2.75) is 38.9 Å². The summed E-state index contributed by atoms with van der Waals surface area (Å²) in [6.45, 7) is 5.00. The first-order chi connectivity index (χ1) is 12.5. The average molecular weight is 385 g/mol. The van der Waals surface area contributed by atoms with Crippen LogP contribution in [0.3, 0.4) is 0 Å². The largest absolute Gasteiger partial charge is 0.416 e. The SMILES string of the molecule is CC(C)CCNC(=O)CN1C(=O)NC(C)(c2ccccc2C(F)(F)F)C1=O. The summed E-state index contributed by atoms with van der Waals surface area (Å²) in [5.74, 6) is -1.08. The molecule has 1 aliphatic heterocycles. The molecule has 0 aliphatic carbocycles. The van der Waals surface area contributed by atoms with E-state index in [4.69, 9.17) is 0 Å². The van der Waals surface area contributed by atoms with Gasteiger partial charge < -0.3 is 10.6 Å². The van der Waals surface area contributed by atoms with Crippen molar-refractivity contribution in [2.24, 2.45) is 5.92 Å². The van der Waals surface area contributed by atoms with Gasteiger partial charge in [0.15, 0.2) is 0 Å². The number of rotatable bonds is 6. The Hall–Kier alpha value is -2.58. The predicted octanol–water partition coefficient (Wildman–Crippen LogP) is 2.63. The first-order valence-electron chi connectivity index (χ1n) is 8.54. The third kappa shape index (κ3) is 4.40. The van der Waals surface area contributed by atoms with E-state index in [0.29, 0.717) is 17.4 Å². The standard InChI is InChI=1S/C18H22F3N3O3/c1-11(2)8-9-22-14(25)10-24-15(26)17(3,23-16(24)27)12-6-4-5-7-13(12)18(19,20)21/h4-7,11H,8-10H2,1-3H3,(H,22,25)(H,23,27). The molecular weight excluding hydrogens is 363 g/mol. The van der Waals surface area contributed by atoms with E-state index in [1.165, 1.54) is 19.1 Å². The number of nitrogens with zero attached hydrogens (tertiary/aromatic N) is 1. The molecule has 9 heteroatoms. The molecule has 0 radical (unpaired) electrons. The van der Waals surface area contributed by atoms with Crippen LogP contribution in [0.1, 0.15) is 38.3 Å². The van der Waals surface area contributed by atoms with E-state index >= 15 is 0 Å². The summed E-state index contributed by atoms with van der Waals surface area (Å²) in [5.41, 5.74) is -3.27. The Labute approximate surface area is 155 Å². The number of hydrogen-bond donors (Lipinski definition) is 2. The van der Waals surface area contributed by atoms with E-state index in [1.807, 2.05) is 13.8 Å². The van der Waals surface area contributed by atoms with Crippen LogP contribution in [0.5, 0.6) is 0 Å². The van der Waals surface area contributed by atoms with E-state index in [1.54, 1.807) is 0 Å². The quantitative estimate of drug-likeness (QED) is 0.739. The lowest BCUT2D eigenvalue weighted by Gasteiger charge is -2.25. The molecule has 1 atom stereocenters. The lowest BCUT2D eigenvalue weighted by Crippen LogP contribution is -2.44. The summed E-state index contributed by atoms with van der Waals surface area (Å²) in [5, 5.41) is 4.89. The van der Waals surface area contributed by atoms with Gasteiger partial charge in [-0.1, -0.05) is 32.0 Å². The molecule has 0 aromatic heterocycles. The number of carbonyl (C=O) groups excluding carboxylic acids is 3. The van der Waals surface area contributed by atoms with Crippen molar-refractivity contribution in [2.75, 3.05) is 13.1 Å². The van der Waals surface area contributed by atoms with Crippen LogP contribution in [0, 0.1) is 5.92 Å². The van der Waals surface area contributed by atoms with Gasteiger partial charge in [0.05, 0.1) is 5.56 Å². The highest BCUT2D eigenvalue weighted by atomic mass is 19.4. The van der Waals surface area contributed by atoms with E-state index in [-0.39, 0.29) is 5.56 Å². The number of nitrogens with one attached hydrogen (secondary N) is 2. The van der Waals surface area contributed by atoms with Gasteiger partial charge in [-0.15, -0.1) is 0 Å². The molecule has 0 spiro atoms. The number of imide groups is 1. The third-order valence-corrected chi connectivity index (χ3v) is 4.39. The molecule has 2 N–H and O–H groups in total. The van der Waals surface area contributed by atoms with Gasteiger partial charge in [0, 0.05) is 6.54 Å². The predicted molar refractivity (Wildman–Crippen MR) is 91.5 cm³/mol. The number of amides is 4. The normalized spacial score (nSPS) is 20.2. The Balaban J connectivity index is 2.21. The highest BCUT2D eigenvalue weighted by molar-refractivity contribution is 6.09. The zero-order valence-electron chi connectivity index (χ0n) is 15.3. The van der Waals surface area contributed by atoms with Crippen LogP contribution in [-0.4, -0.2) is 35.8 Å². The van der Waals surface area contributed by atoms with Crippen molar-refractivity contribution in [3.63, 3.8) is 0 Å². The molecule has 148 valence electrons. The molecule has 1 aromatic carbocycles. The Kier molecular flexibility index (Phi) is 5.82. The average Bonchev–Trinajstić information content (AvgIpc) is 2.78. The first kappa shape index (κ1) is 20.7. The van der Waals surface area contributed by atoms with Crippen molar-refractivity contribution in [3.05, 3.63) is 35.4 Å². The molecule has 2 rings (SSSR count). The molecule has 4 amide bonds. The minimum atomic E-state index is -4.69. The van der Waals surface area contributed by atoms with Crippen molar-refractivity contribution >= 4 is 17.8 Å². The molecule has 1 aliphatic rings. The number of halogens is 3. The zero-order valence-corrected chi connectivity index (χ0v) is 15.3. The van der Waals surface area contributed by atoms with Gasteiger partial charge in [-0.25, -0.2) is 4.79 Å². The second-order valence-corrected chi connectivity index (χ2v) is 7.02. The van der Waals surface area contributed by atoms with Gasteiger partial charge in [0.25, 0.3) is 5.91 Å². The monoisotopic (exact) mass is 385 g/mol. The molecule has 0 bridgehead atoms. The number of alkyl halides is 3. The molecule has 27 heavy (non-hydrogen) atoms. The summed E-state index contributed by atoms with van der Waals surface area (Å²) in [6, 6.07) is 3.65. The molecule has 0 saturated carbocycles. The van der Waals surface area contributed by atoms with Crippen molar-refractivity contribution in [1.82, 2.24) is 15.5 Å². The van der Waals surface area contributed by atoms with Gasteiger partial charge in [0.1, 0.15) is 12.1 Å². The van der Waals surface area contributed by atoms with E-state index in [0.717, 1.165) is 18.6 Å². The first-order valence-corrected chi connectivity index (χ1v) is 8.54.